The molecule has 0 atom stereocenters. The number of primary amides is 1. The Balaban J connectivity index is 2.15. The molecule has 0 saturated heterocycles. The van der Waals surface area contributed by atoms with Gasteiger partial charge in [0.05, 0.1) is 6.54 Å². The lowest BCUT2D eigenvalue weighted by Gasteiger charge is -2.25. The van der Waals surface area contributed by atoms with Crippen LogP contribution in [0.2, 0.25) is 0 Å². The average molecular weight is 239 g/mol. The van der Waals surface area contributed by atoms with Gasteiger partial charge in [0.15, 0.2) is 0 Å². The molecule has 1 aromatic heterocycles. The zero-order valence-electron chi connectivity index (χ0n) is 9.63. The number of carbonyl (C=O) groups excluding carboxylic acids is 1. The molecule has 4 N–H and O–H groups in total. The molecule has 0 spiro atoms. The van der Waals surface area contributed by atoms with Crippen molar-refractivity contribution in [2.45, 2.75) is 38.3 Å². The molecule has 1 fully saturated rings. The SMILES string of the molecule is NCc1nnc(N(CC(N)=O)C2CCCC2)o1. The molecule has 1 amide bonds. The monoisotopic (exact) mass is 239 g/mol. The first-order valence-corrected chi connectivity index (χ1v) is 5.78. The van der Waals surface area contributed by atoms with E-state index in [1.54, 1.807) is 4.90 Å². The molecule has 94 valence electrons. The molecule has 17 heavy (non-hydrogen) atoms. The van der Waals surface area contributed by atoms with Crippen molar-refractivity contribution < 1.29 is 9.21 Å². The molecule has 7 nitrogen and oxygen atoms in total. The van der Waals surface area contributed by atoms with Gasteiger partial charge in [-0.05, 0) is 12.8 Å². The van der Waals surface area contributed by atoms with Crippen LogP contribution in [0.15, 0.2) is 4.42 Å². The molecular weight excluding hydrogens is 222 g/mol. The molecule has 1 heterocycles. The molecule has 1 aromatic rings. The van der Waals surface area contributed by atoms with Crippen LogP contribution in [-0.4, -0.2) is 28.7 Å². The zero-order valence-corrected chi connectivity index (χ0v) is 9.63. The minimum atomic E-state index is -0.399. The molecule has 1 saturated carbocycles. The van der Waals surface area contributed by atoms with Crippen LogP contribution in [0, 0.1) is 0 Å². The normalized spacial score (nSPS) is 16.3. The number of carbonyl (C=O) groups is 1. The maximum Gasteiger partial charge on any atom is 0.318 e. The summed E-state index contributed by atoms with van der Waals surface area (Å²) in [5.41, 5.74) is 10.7. The van der Waals surface area contributed by atoms with Crippen molar-refractivity contribution in [3.8, 4) is 0 Å². The molecule has 7 heteroatoms. The van der Waals surface area contributed by atoms with Crippen molar-refractivity contribution in [2.24, 2.45) is 11.5 Å². The number of nitrogens with two attached hydrogens (primary N) is 2. The highest BCUT2D eigenvalue weighted by Gasteiger charge is 2.27. The molecule has 0 bridgehead atoms. The van der Waals surface area contributed by atoms with Crippen molar-refractivity contribution >= 4 is 11.9 Å². The number of anilines is 1. The minimum absolute atomic E-state index is 0.108. The van der Waals surface area contributed by atoms with Gasteiger partial charge in [-0.2, -0.15) is 0 Å². The number of amides is 1. The van der Waals surface area contributed by atoms with E-state index in [1.807, 2.05) is 0 Å². The zero-order chi connectivity index (χ0) is 12.3. The van der Waals surface area contributed by atoms with Crippen LogP contribution in [0.1, 0.15) is 31.6 Å². The second kappa shape index (κ2) is 5.13. The third-order valence-electron chi connectivity index (χ3n) is 2.97. The van der Waals surface area contributed by atoms with E-state index in [4.69, 9.17) is 15.9 Å². The van der Waals surface area contributed by atoms with Gasteiger partial charge in [-0.3, -0.25) is 4.79 Å². The van der Waals surface area contributed by atoms with Crippen molar-refractivity contribution in [1.82, 2.24) is 10.2 Å². The van der Waals surface area contributed by atoms with Gasteiger partial charge in [0.25, 0.3) is 0 Å². The second-order valence-corrected chi connectivity index (χ2v) is 4.21. The Morgan fingerprint density at radius 2 is 2.12 bits per heavy atom. The quantitative estimate of drug-likeness (QED) is 0.733. The molecule has 2 rings (SSSR count). The van der Waals surface area contributed by atoms with Gasteiger partial charge in [0.2, 0.25) is 11.8 Å². The summed E-state index contributed by atoms with van der Waals surface area (Å²) in [5, 5.41) is 7.71. The van der Waals surface area contributed by atoms with Crippen LogP contribution in [0.4, 0.5) is 6.01 Å². The van der Waals surface area contributed by atoms with Crippen LogP contribution in [0.25, 0.3) is 0 Å². The van der Waals surface area contributed by atoms with E-state index in [2.05, 4.69) is 10.2 Å². The summed E-state index contributed by atoms with van der Waals surface area (Å²) < 4.78 is 5.38. The standard InChI is InChI=1S/C10H17N5O2/c11-5-9-13-14-10(17-9)15(6-8(12)16)7-3-1-2-4-7/h7H,1-6,11H2,(H2,12,16). The first-order valence-electron chi connectivity index (χ1n) is 5.78. The van der Waals surface area contributed by atoms with Gasteiger partial charge < -0.3 is 20.8 Å². The van der Waals surface area contributed by atoms with E-state index in [1.165, 1.54) is 0 Å². The molecule has 0 aromatic carbocycles. The van der Waals surface area contributed by atoms with Crippen LogP contribution in [-0.2, 0) is 11.3 Å². The number of nitrogens with zero attached hydrogens (tertiary/aromatic N) is 3. The van der Waals surface area contributed by atoms with Crippen molar-refractivity contribution in [3.05, 3.63) is 5.89 Å². The number of rotatable bonds is 5. The lowest BCUT2D eigenvalue weighted by molar-refractivity contribution is -0.116. The third-order valence-corrected chi connectivity index (χ3v) is 2.97. The van der Waals surface area contributed by atoms with Crippen molar-refractivity contribution in [1.29, 1.82) is 0 Å². The fraction of sp³-hybridized carbons (Fsp3) is 0.700. The summed E-state index contributed by atoms with van der Waals surface area (Å²) in [4.78, 5) is 12.9. The van der Waals surface area contributed by atoms with E-state index in [0.717, 1.165) is 25.7 Å². The Hall–Kier alpha value is -1.63. The molecular formula is C10H17N5O2. The number of aromatic nitrogens is 2. The fourth-order valence-corrected chi connectivity index (χ4v) is 2.18. The lowest BCUT2D eigenvalue weighted by atomic mass is 10.2. The van der Waals surface area contributed by atoms with Crippen LogP contribution >= 0.6 is 0 Å². The molecule has 0 aliphatic heterocycles. The fourth-order valence-electron chi connectivity index (χ4n) is 2.18. The van der Waals surface area contributed by atoms with Gasteiger partial charge in [-0.15, -0.1) is 5.10 Å². The van der Waals surface area contributed by atoms with Gasteiger partial charge in [-0.1, -0.05) is 17.9 Å². The van der Waals surface area contributed by atoms with Crippen LogP contribution < -0.4 is 16.4 Å². The molecule has 1 aliphatic rings. The topological polar surface area (TPSA) is 111 Å². The van der Waals surface area contributed by atoms with E-state index in [-0.39, 0.29) is 19.1 Å². The maximum atomic E-state index is 11.1. The highest BCUT2D eigenvalue weighted by molar-refractivity contribution is 5.78. The first-order chi connectivity index (χ1) is 8.20. The number of hydrogen-bond acceptors (Lipinski definition) is 6. The average Bonchev–Trinajstić information content (AvgIpc) is 2.97. The summed E-state index contributed by atoms with van der Waals surface area (Å²) >= 11 is 0. The van der Waals surface area contributed by atoms with E-state index >= 15 is 0 Å². The predicted molar refractivity (Wildman–Crippen MR) is 61.0 cm³/mol. The summed E-state index contributed by atoms with van der Waals surface area (Å²) in [7, 11) is 0. The molecule has 1 aliphatic carbocycles. The van der Waals surface area contributed by atoms with Gasteiger partial charge >= 0.3 is 6.01 Å². The largest absolute Gasteiger partial charge is 0.407 e. The van der Waals surface area contributed by atoms with E-state index in [0.29, 0.717) is 11.9 Å². The lowest BCUT2D eigenvalue weighted by Crippen LogP contribution is -2.40. The summed E-state index contributed by atoms with van der Waals surface area (Å²) in [6.07, 6.45) is 4.34. The summed E-state index contributed by atoms with van der Waals surface area (Å²) in [6.45, 7) is 0.305. The maximum absolute atomic E-state index is 11.1. The highest BCUT2D eigenvalue weighted by atomic mass is 16.4. The molecule has 0 unspecified atom stereocenters. The van der Waals surface area contributed by atoms with Crippen molar-refractivity contribution in [3.63, 3.8) is 0 Å². The number of hydrogen-bond donors (Lipinski definition) is 2. The third kappa shape index (κ3) is 2.73. The van der Waals surface area contributed by atoms with Crippen molar-refractivity contribution in [2.75, 3.05) is 11.4 Å². The van der Waals surface area contributed by atoms with Gasteiger partial charge in [0.1, 0.15) is 6.54 Å². The first kappa shape index (κ1) is 11.8. The van der Waals surface area contributed by atoms with E-state index in [9.17, 15) is 4.79 Å². The summed E-state index contributed by atoms with van der Waals surface area (Å²) in [6, 6.07) is 0.602. The minimum Gasteiger partial charge on any atom is -0.407 e. The highest BCUT2D eigenvalue weighted by Crippen LogP contribution is 2.27. The van der Waals surface area contributed by atoms with E-state index < -0.39 is 5.91 Å². The van der Waals surface area contributed by atoms with Gasteiger partial charge in [-0.25, -0.2) is 0 Å². The van der Waals surface area contributed by atoms with Gasteiger partial charge in [0, 0.05) is 6.04 Å². The predicted octanol–water partition coefficient (Wildman–Crippen LogP) is -0.237. The molecule has 0 radical (unpaired) electrons. The second-order valence-electron chi connectivity index (χ2n) is 4.21. The summed E-state index contributed by atoms with van der Waals surface area (Å²) in [5.74, 6) is -0.0307. The Bertz CT molecular complexity index is 386. The van der Waals surface area contributed by atoms with Crippen LogP contribution in [0.5, 0.6) is 0 Å². The Morgan fingerprint density at radius 3 is 2.65 bits per heavy atom. The smallest absolute Gasteiger partial charge is 0.318 e. The Morgan fingerprint density at radius 1 is 1.41 bits per heavy atom. The Labute approximate surface area is 99.1 Å². The van der Waals surface area contributed by atoms with Crippen LogP contribution in [0.3, 0.4) is 0 Å². The Kier molecular flexibility index (Phi) is 3.58.